The number of fused-ring (bicyclic) bond motifs is 1. The summed E-state index contributed by atoms with van der Waals surface area (Å²) >= 11 is 5.75. The lowest BCUT2D eigenvalue weighted by Gasteiger charge is -2.22. The number of aromatic nitrogens is 1. The van der Waals surface area contributed by atoms with E-state index in [0.29, 0.717) is 5.92 Å². The molecule has 1 aliphatic carbocycles. The minimum atomic E-state index is 0.121. The zero-order valence-electron chi connectivity index (χ0n) is 15.6. The normalized spacial score (nSPS) is 15.3. The van der Waals surface area contributed by atoms with Crippen molar-refractivity contribution in [1.29, 1.82) is 0 Å². The van der Waals surface area contributed by atoms with Gasteiger partial charge in [0, 0.05) is 15.8 Å². The summed E-state index contributed by atoms with van der Waals surface area (Å²) < 4.78 is 3.53. The first-order valence-corrected chi connectivity index (χ1v) is 11.4. The molecular weight excluding hydrogens is 418 g/mol. The van der Waals surface area contributed by atoms with Crippen molar-refractivity contribution < 1.29 is 4.79 Å². The molecule has 0 spiro atoms. The third-order valence-corrected chi connectivity index (χ3v) is 7.41. The number of thioether (sulfide) groups is 1. The van der Waals surface area contributed by atoms with Crippen molar-refractivity contribution >= 4 is 44.4 Å². The van der Waals surface area contributed by atoms with Crippen LogP contribution in [0.15, 0.2) is 58.0 Å². The molecule has 3 aromatic rings. The van der Waals surface area contributed by atoms with E-state index >= 15 is 0 Å². The monoisotopic (exact) mass is 441 g/mol. The Balaban J connectivity index is 1.78. The van der Waals surface area contributed by atoms with Gasteiger partial charge in [-0.05, 0) is 65.4 Å². The molecule has 0 unspecified atom stereocenters. The molecule has 1 fully saturated rings. The van der Waals surface area contributed by atoms with Crippen molar-refractivity contribution in [2.75, 3.05) is 0 Å². The highest BCUT2D eigenvalue weighted by Gasteiger charge is 2.25. The summed E-state index contributed by atoms with van der Waals surface area (Å²) in [4.78, 5) is 13.2. The Morgan fingerprint density at radius 1 is 1.11 bits per heavy atom. The number of ketones is 1. The third kappa shape index (κ3) is 3.88. The number of hydrogen-bond donors (Lipinski definition) is 0. The first-order chi connectivity index (χ1) is 13.1. The molecule has 0 N–H and O–H groups in total. The second kappa shape index (κ2) is 8.24. The highest BCUT2D eigenvalue weighted by atomic mass is 79.9. The Hall–Kier alpha value is -1.52. The third-order valence-electron chi connectivity index (χ3n) is 5.56. The fourth-order valence-electron chi connectivity index (χ4n) is 4.13. The molecule has 0 bridgehead atoms. The van der Waals surface area contributed by atoms with Gasteiger partial charge in [0.05, 0.1) is 16.0 Å². The molecule has 1 aromatic heterocycles. The zero-order valence-corrected chi connectivity index (χ0v) is 18.0. The van der Waals surface area contributed by atoms with Gasteiger partial charge in [-0.25, -0.2) is 0 Å². The molecular formula is C23H24BrNOS. The fraction of sp³-hybridized carbons (Fsp3) is 0.348. The van der Waals surface area contributed by atoms with Gasteiger partial charge in [0.25, 0.3) is 0 Å². The SMILES string of the molecule is CC(=O)c1ccc2c(C3CCCCC3)c(Br)n(CSc3ccccc3)c2c1. The van der Waals surface area contributed by atoms with Crippen LogP contribution in [-0.4, -0.2) is 10.4 Å². The summed E-state index contributed by atoms with van der Waals surface area (Å²) in [7, 11) is 0. The van der Waals surface area contributed by atoms with Crippen molar-refractivity contribution in [2.45, 2.75) is 55.7 Å². The van der Waals surface area contributed by atoms with Crippen molar-refractivity contribution in [1.82, 2.24) is 4.57 Å². The first kappa shape index (κ1) is 18.8. The smallest absolute Gasteiger partial charge is 0.159 e. The molecule has 0 radical (unpaired) electrons. The van der Waals surface area contributed by atoms with E-state index in [9.17, 15) is 4.79 Å². The van der Waals surface area contributed by atoms with Crippen molar-refractivity contribution in [3.05, 3.63) is 64.3 Å². The molecule has 140 valence electrons. The van der Waals surface area contributed by atoms with Gasteiger partial charge in [0.15, 0.2) is 5.78 Å². The van der Waals surface area contributed by atoms with Gasteiger partial charge >= 0.3 is 0 Å². The van der Waals surface area contributed by atoms with Gasteiger partial charge < -0.3 is 4.57 Å². The lowest BCUT2D eigenvalue weighted by molar-refractivity contribution is 0.101. The number of rotatable bonds is 5. The lowest BCUT2D eigenvalue weighted by atomic mass is 9.84. The second-order valence-corrected chi connectivity index (χ2v) is 9.11. The van der Waals surface area contributed by atoms with E-state index in [2.05, 4.69) is 56.9 Å². The van der Waals surface area contributed by atoms with E-state index in [1.807, 2.05) is 23.9 Å². The molecule has 4 rings (SSSR count). The van der Waals surface area contributed by atoms with Crippen molar-refractivity contribution in [2.24, 2.45) is 0 Å². The Morgan fingerprint density at radius 3 is 2.56 bits per heavy atom. The first-order valence-electron chi connectivity index (χ1n) is 9.65. The van der Waals surface area contributed by atoms with E-state index < -0.39 is 0 Å². The van der Waals surface area contributed by atoms with Crippen LogP contribution in [0.1, 0.15) is 60.9 Å². The largest absolute Gasteiger partial charge is 0.325 e. The van der Waals surface area contributed by atoms with Gasteiger partial charge in [0.1, 0.15) is 0 Å². The number of hydrogen-bond acceptors (Lipinski definition) is 2. The summed E-state index contributed by atoms with van der Waals surface area (Å²) in [5.74, 6) is 1.56. The van der Waals surface area contributed by atoms with Crippen LogP contribution in [0.4, 0.5) is 0 Å². The molecule has 1 aliphatic rings. The molecule has 0 atom stereocenters. The minimum Gasteiger partial charge on any atom is -0.325 e. The Bertz CT molecular complexity index is 957. The van der Waals surface area contributed by atoms with E-state index in [0.717, 1.165) is 11.4 Å². The van der Waals surface area contributed by atoms with Crippen molar-refractivity contribution in [3.63, 3.8) is 0 Å². The van der Waals surface area contributed by atoms with Crippen LogP contribution in [0.2, 0.25) is 0 Å². The number of carbonyl (C=O) groups is 1. The predicted octanol–water partition coefficient (Wildman–Crippen LogP) is 7.40. The summed E-state index contributed by atoms with van der Waals surface area (Å²) in [6, 6.07) is 16.7. The maximum absolute atomic E-state index is 11.9. The van der Waals surface area contributed by atoms with Gasteiger partial charge in [0.2, 0.25) is 0 Å². The topological polar surface area (TPSA) is 22.0 Å². The highest BCUT2D eigenvalue weighted by Crippen LogP contribution is 2.43. The zero-order chi connectivity index (χ0) is 18.8. The molecule has 0 aliphatic heterocycles. The summed E-state index contributed by atoms with van der Waals surface area (Å²) in [6.45, 7) is 1.64. The summed E-state index contributed by atoms with van der Waals surface area (Å²) in [6.07, 6.45) is 6.50. The van der Waals surface area contributed by atoms with Gasteiger partial charge in [-0.2, -0.15) is 0 Å². The fourth-order valence-corrected chi connectivity index (χ4v) is 6.04. The van der Waals surface area contributed by atoms with Gasteiger partial charge in [-0.1, -0.05) is 49.6 Å². The molecule has 4 heteroatoms. The predicted molar refractivity (Wildman–Crippen MR) is 118 cm³/mol. The second-order valence-electron chi connectivity index (χ2n) is 7.34. The number of benzene rings is 2. The number of Topliss-reactive ketones (excluding diaryl/α,β-unsaturated/α-hetero) is 1. The Morgan fingerprint density at radius 2 is 1.85 bits per heavy atom. The standard InChI is InChI=1S/C23H24BrNOS/c1-16(26)18-12-13-20-21(14-18)25(15-27-19-10-6-3-7-11-19)23(24)22(20)17-8-4-2-5-9-17/h3,6-7,10-14,17H,2,4-5,8-9,15H2,1H3. The van der Waals surface area contributed by atoms with Crippen LogP contribution in [0.3, 0.4) is 0 Å². The maximum atomic E-state index is 11.9. The molecule has 2 nitrogen and oxygen atoms in total. The average Bonchev–Trinajstić information content (AvgIpc) is 2.98. The van der Waals surface area contributed by atoms with E-state index in [-0.39, 0.29) is 5.78 Å². The number of carbonyl (C=O) groups excluding carboxylic acids is 1. The number of nitrogens with zero attached hydrogens (tertiary/aromatic N) is 1. The summed E-state index contributed by atoms with van der Waals surface area (Å²) in [5, 5.41) is 1.30. The maximum Gasteiger partial charge on any atom is 0.159 e. The molecule has 27 heavy (non-hydrogen) atoms. The Labute approximate surface area is 173 Å². The number of halogens is 1. The van der Waals surface area contributed by atoms with Gasteiger partial charge in [-0.3, -0.25) is 4.79 Å². The van der Waals surface area contributed by atoms with Crippen LogP contribution in [0.5, 0.6) is 0 Å². The van der Waals surface area contributed by atoms with E-state index in [4.69, 9.17) is 0 Å². The lowest BCUT2D eigenvalue weighted by Crippen LogP contribution is -2.05. The molecule has 2 aromatic carbocycles. The van der Waals surface area contributed by atoms with Crippen LogP contribution >= 0.6 is 27.7 Å². The quantitative estimate of drug-likeness (QED) is 0.303. The molecule has 1 saturated carbocycles. The summed E-state index contributed by atoms with van der Waals surface area (Å²) in [5.41, 5.74) is 3.39. The molecule has 1 heterocycles. The van der Waals surface area contributed by atoms with Crippen LogP contribution in [-0.2, 0) is 5.88 Å². The van der Waals surface area contributed by atoms with Crippen molar-refractivity contribution in [3.8, 4) is 0 Å². The van der Waals surface area contributed by atoms with Crippen LogP contribution in [0.25, 0.3) is 10.9 Å². The van der Waals surface area contributed by atoms with Crippen LogP contribution in [0, 0.1) is 0 Å². The average molecular weight is 442 g/mol. The highest BCUT2D eigenvalue weighted by molar-refractivity contribution is 9.10. The molecule has 0 amide bonds. The van der Waals surface area contributed by atoms with E-state index in [1.54, 1.807) is 6.92 Å². The molecule has 0 saturated heterocycles. The van der Waals surface area contributed by atoms with E-state index in [1.165, 1.54) is 58.1 Å². The van der Waals surface area contributed by atoms with Gasteiger partial charge in [-0.15, -0.1) is 11.8 Å². The minimum absolute atomic E-state index is 0.121. The van der Waals surface area contributed by atoms with Crippen LogP contribution < -0.4 is 0 Å². The Kier molecular flexibility index (Phi) is 5.74.